The Morgan fingerprint density at radius 1 is 1.40 bits per heavy atom. The molecule has 15 heavy (non-hydrogen) atoms. The van der Waals surface area contributed by atoms with Crippen LogP contribution in [0.5, 0.6) is 0 Å². The third-order valence-electron chi connectivity index (χ3n) is 2.47. The quantitative estimate of drug-likeness (QED) is 0.586. The first-order chi connectivity index (χ1) is 7.10. The number of hydrogen-bond acceptors (Lipinski definition) is 0. The Hall–Kier alpha value is -0.460. The van der Waals surface area contributed by atoms with Gasteiger partial charge in [0.25, 0.3) is 0 Å². The number of allylic oxidation sites excluding steroid dienone is 1. The van der Waals surface area contributed by atoms with Gasteiger partial charge in [-0.2, -0.15) is 0 Å². The van der Waals surface area contributed by atoms with Crippen molar-refractivity contribution in [3.8, 4) is 0 Å². The van der Waals surface area contributed by atoms with Crippen LogP contribution in [0.15, 0.2) is 30.9 Å². The first-order valence-electron chi connectivity index (χ1n) is 5.12. The lowest BCUT2D eigenvalue weighted by atomic mass is 10.1. The molecule has 2 heteroatoms. The van der Waals surface area contributed by atoms with Gasteiger partial charge in [0, 0.05) is 10.0 Å². The molecule has 1 unspecified atom stereocenters. The van der Waals surface area contributed by atoms with E-state index < -0.39 is 0 Å². The van der Waals surface area contributed by atoms with Gasteiger partial charge >= 0.3 is 0 Å². The number of halogens is 2. The van der Waals surface area contributed by atoms with Gasteiger partial charge in [-0.05, 0) is 48.9 Å². The molecule has 1 aliphatic carbocycles. The van der Waals surface area contributed by atoms with E-state index in [1.807, 2.05) is 25.1 Å². The average molecular weight is 243 g/mol. The maximum Gasteiger partial charge on any atom is 0.0441 e. The van der Waals surface area contributed by atoms with E-state index in [-0.39, 0.29) is 0 Å². The Bertz CT molecular complexity index is 344. The fourth-order valence-electron chi connectivity index (χ4n) is 1.55. The number of hydrogen-bond donors (Lipinski definition) is 0. The smallest absolute Gasteiger partial charge is 0.0441 e. The van der Waals surface area contributed by atoms with Gasteiger partial charge in [0.2, 0.25) is 0 Å². The minimum atomic E-state index is 0.649. The molecule has 1 saturated carbocycles. The predicted molar refractivity (Wildman–Crippen MR) is 68.9 cm³/mol. The molecule has 0 amide bonds. The Morgan fingerprint density at radius 2 is 1.93 bits per heavy atom. The largest absolute Gasteiger partial charge is 0.103 e. The first-order valence-corrected chi connectivity index (χ1v) is 5.87. The lowest BCUT2D eigenvalue weighted by Crippen LogP contribution is -1.82. The van der Waals surface area contributed by atoms with E-state index in [0.717, 1.165) is 16.0 Å². The Kier molecular flexibility index (Phi) is 4.69. The van der Waals surface area contributed by atoms with Gasteiger partial charge in [0.05, 0.1) is 0 Å². The zero-order valence-electron chi connectivity index (χ0n) is 9.13. The van der Waals surface area contributed by atoms with Gasteiger partial charge in [-0.15, -0.1) is 6.58 Å². The molecule has 0 radical (unpaired) electrons. The molecule has 0 aromatic heterocycles. The van der Waals surface area contributed by atoms with Crippen molar-refractivity contribution in [2.24, 2.45) is 5.92 Å². The second kappa shape index (κ2) is 5.58. The summed E-state index contributed by atoms with van der Waals surface area (Å²) in [5, 5.41) is 1.64. The second-order valence-corrected chi connectivity index (χ2v) is 4.74. The maximum absolute atomic E-state index is 6.04. The van der Waals surface area contributed by atoms with E-state index in [9.17, 15) is 0 Å². The highest BCUT2D eigenvalue weighted by atomic mass is 35.5. The summed E-state index contributed by atoms with van der Waals surface area (Å²) in [6, 6.07) is 5.70. The van der Waals surface area contributed by atoms with E-state index in [1.54, 1.807) is 6.08 Å². The average Bonchev–Trinajstić information content (AvgIpc) is 2.88. The Labute approximate surface area is 102 Å². The molecule has 2 atom stereocenters. The molecular formula is C13H16Cl2. The third kappa shape index (κ3) is 3.55. The van der Waals surface area contributed by atoms with Crippen LogP contribution in [0, 0.1) is 5.92 Å². The van der Waals surface area contributed by atoms with Crippen LogP contribution in [0.3, 0.4) is 0 Å². The van der Waals surface area contributed by atoms with Crippen molar-refractivity contribution in [3.05, 3.63) is 46.5 Å². The minimum absolute atomic E-state index is 0.649. The fourth-order valence-corrected chi connectivity index (χ4v) is 1.99. The highest BCUT2D eigenvalue weighted by Crippen LogP contribution is 2.49. The Morgan fingerprint density at radius 3 is 2.40 bits per heavy atom. The van der Waals surface area contributed by atoms with Crippen LogP contribution in [0.4, 0.5) is 0 Å². The Balaban J connectivity index is 0.000000337. The number of rotatable bonds is 1. The summed E-state index contributed by atoms with van der Waals surface area (Å²) in [6.45, 7) is 7.49. The van der Waals surface area contributed by atoms with Crippen molar-refractivity contribution in [3.63, 3.8) is 0 Å². The van der Waals surface area contributed by atoms with Gasteiger partial charge < -0.3 is 0 Å². The highest BCUT2D eigenvalue weighted by Gasteiger charge is 2.35. The molecule has 0 heterocycles. The minimum Gasteiger partial charge on any atom is -0.103 e. The van der Waals surface area contributed by atoms with Crippen LogP contribution < -0.4 is 0 Å². The van der Waals surface area contributed by atoms with Crippen molar-refractivity contribution < 1.29 is 0 Å². The molecule has 2 rings (SSSR count). The molecule has 1 aromatic rings. The molecular weight excluding hydrogens is 227 g/mol. The zero-order valence-corrected chi connectivity index (χ0v) is 10.6. The molecule has 0 N–H and O–H groups in total. The monoisotopic (exact) mass is 242 g/mol. The van der Waals surface area contributed by atoms with Crippen LogP contribution in [0.2, 0.25) is 10.0 Å². The molecule has 0 bridgehead atoms. The molecule has 0 spiro atoms. The summed E-state index contributed by atoms with van der Waals surface area (Å²) >= 11 is 11.9. The van der Waals surface area contributed by atoms with Gasteiger partial charge in [-0.3, -0.25) is 0 Å². The summed E-state index contributed by atoms with van der Waals surface area (Å²) in [6.07, 6.45) is 3.00. The summed E-state index contributed by atoms with van der Waals surface area (Å²) in [7, 11) is 0. The predicted octanol–water partition coefficient (Wildman–Crippen LogP) is 5.31. The van der Waals surface area contributed by atoms with E-state index in [0.29, 0.717) is 5.92 Å². The van der Waals surface area contributed by atoms with Gasteiger partial charge in [-0.25, -0.2) is 0 Å². The van der Waals surface area contributed by atoms with E-state index in [4.69, 9.17) is 23.2 Å². The number of benzene rings is 1. The van der Waals surface area contributed by atoms with Crippen molar-refractivity contribution in [1.82, 2.24) is 0 Å². The fraction of sp³-hybridized carbons (Fsp3) is 0.385. The lowest BCUT2D eigenvalue weighted by molar-refractivity contribution is 0.915. The van der Waals surface area contributed by atoms with Crippen LogP contribution in [0.25, 0.3) is 0 Å². The topological polar surface area (TPSA) is 0 Å². The molecule has 82 valence electrons. The first kappa shape index (κ1) is 12.6. The maximum atomic E-state index is 6.04. The van der Waals surface area contributed by atoms with Crippen molar-refractivity contribution in [1.29, 1.82) is 0 Å². The van der Waals surface area contributed by atoms with Crippen molar-refractivity contribution in [2.75, 3.05) is 0 Å². The van der Waals surface area contributed by atoms with E-state index in [2.05, 4.69) is 13.5 Å². The molecule has 1 fully saturated rings. The standard InChI is InChI=1S/C10H10Cl2.C3H6/c1-6-4-8(6)9-5-7(11)2-3-10(9)12;1-3-2/h2-3,5-6,8H,4H2,1H3;3H,1H2,2H3/t6?,8-;/m0./s1. The summed E-state index contributed by atoms with van der Waals surface area (Å²) < 4.78 is 0. The van der Waals surface area contributed by atoms with Crippen molar-refractivity contribution >= 4 is 23.2 Å². The van der Waals surface area contributed by atoms with Gasteiger partial charge in [-0.1, -0.05) is 36.2 Å². The molecule has 0 saturated heterocycles. The summed E-state index contributed by atoms with van der Waals surface area (Å²) in [5.41, 5.74) is 1.22. The van der Waals surface area contributed by atoms with Crippen LogP contribution in [-0.4, -0.2) is 0 Å². The molecule has 0 aliphatic heterocycles. The van der Waals surface area contributed by atoms with Gasteiger partial charge in [0.15, 0.2) is 0 Å². The molecule has 1 aromatic carbocycles. The van der Waals surface area contributed by atoms with Gasteiger partial charge in [0.1, 0.15) is 0 Å². The third-order valence-corrected chi connectivity index (χ3v) is 3.05. The summed E-state index contributed by atoms with van der Waals surface area (Å²) in [5.74, 6) is 1.43. The molecule has 1 aliphatic rings. The van der Waals surface area contributed by atoms with E-state index >= 15 is 0 Å². The SMILES string of the molecule is C=CC.CC1C[C@@H]1c1cc(Cl)ccc1Cl. The van der Waals surface area contributed by atoms with Crippen LogP contribution in [0.1, 0.15) is 31.7 Å². The van der Waals surface area contributed by atoms with Crippen LogP contribution in [-0.2, 0) is 0 Å². The highest BCUT2D eigenvalue weighted by molar-refractivity contribution is 6.33. The molecule has 0 nitrogen and oxygen atoms in total. The van der Waals surface area contributed by atoms with E-state index in [1.165, 1.54) is 12.0 Å². The lowest BCUT2D eigenvalue weighted by Gasteiger charge is -2.02. The normalized spacial score (nSPS) is 22.7. The second-order valence-electron chi connectivity index (χ2n) is 3.89. The summed E-state index contributed by atoms with van der Waals surface area (Å²) in [4.78, 5) is 0. The van der Waals surface area contributed by atoms with Crippen molar-refractivity contribution in [2.45, 2.75) is 26.2 Å². The zero-order chi connectivity index (χ0) is 11.4. The van der Waals surface area contributed by atoms with Crippen LogP contribution >= 0.6 is 23.2 Å².